The van der Waals surface area contributed by atoms with Crippen molar-refractivity contribution in [1.82, 2.24) is 14.6 Å². The number of benzene rings is 2. The van der Waals surface area contributed by atoms with E-state index in [0.29, 0.717) is 18.6 Å². The Morgan fingerprint density at radius 1 is 1.09 bits per heavy atom. The molecule has 43 heavy (non-hydrogen) atoms. The molecular formula is C30H29FN4O6S2. The summed E-state index contributed by atoms with van der Waals surface area (Å²) in [5, 5.41) is 21.6. The normalized spacial score (nSPS) is 15.6. The van der Waals surface area contributed by atoms with Gasteiger partial charge in [0.15, 0.2) is 5.78 Å². The molecule has 1 saturated heterocycles. The molecule has 0 radical (unpaired) electrons. The molecule has 1 aromatic heterocycles. The minimum atomic E-state index is -4.07. The van der Waals surface area contributed by atoms with Crippen LogP contribution >= 0.6 is 11.8 Å². The largest absolute Gasteiger partial charge is 0.481 e. The number of pyridine rings is 1. The van der Waals surface area contributed by atoms with E-state index in [1.54, 1.807) is 12.1 Å². The van der Waals surface area contributed by atoms with Gasteiger partial charge in [-0.15, -0.1) is 11.8 Å². The number of carboxylic acid groups (broad SMARTS) is 1. The summed E-state index contributed by atoms with van der Waals surface area (Å²) in [4.78, 5) is 40.9. The monoisotopic (exact) mass is 624 g/mol. The Hall–Kier alpha value is -4.12. The minimum Gasteiger partial charge on any atom is -0.481 e. The SMILES string of the molecule is N#CC1(c2ccccc2)CCN(S(=O)(=O)c2cncc(C(=O)N[C@@H](CC(=O)O)C(=O)CSCc3ccc(F)cc3)c2)CC1. The number of hydrogen-bond acceptors (Lipinski definition) is 8. The Labute approximate surface area is 253 Å². The number of thioether (sulfide) groups is 1. The first-order chi connectivity index (χ1) is 20.5. The van der Waals surface area contributed by atoms with Crippen LogP contribution in [0.5, 0.6) is 0 Å². The van der Waals surface area contributed by atoms with Crippen molar-refractivity contribution in [2.45, 2.75) is 41.4 Å². The average molecular weight is 625 g/mol. The summed E-state index contributed by atoms with van der Waals surface area (Å²) >= 11 is 1.19. The van der Waals surface area contributed by atoms with Gasteiger partial charge >= 0.3 is 5.97 Å². The summed E-state index contributed by atoms with van der Waals surface area (Å²) in [6, 6.07) is 17.1. The molecule has 1 fully saturated rings. The van der Waals surface area contributed by atoms with Crippen LogP contribution in [0.2, 0.25) is 0 Å². The van der Waals surface area contributed by atoms with Crippen LogP contribution in [0.4, 0.5) is 4.39 Å². The highest BCUT2D eigenvalue weighted by atomic mass is 32.2. The Balaban J connectivity index is 1.42. The third-order valence-electron chi connectivity index (χ3n) is 7.23. The minimum absolute atomic E-state index is 0.0893. The van der Waals surface area contributed by atoms with E-state index >= 15 is 0 Å². The van der Waals surface area contributed by atoms with Crippen molar-refractivity contribution >= 4 is 39.4 Å². The number of hydrogen-bond donors (Lipinski definition) is 2. The average Bonchev–Trinajstić information content (AvgIpc) is 3.02. The molecule has 4 rings (SSSR count). The molecule has 1 atom stereocenters. The van der Waals surface area contributed by atoms with Crippen molar-refractivity contribution in [2.24, 2.45) is 0 Å². The third-order valence-corrected chi connectivity index (χ3v) is 10.1. The van der Waals surface area contributed by atoms with Gasteiger partial charge in [0.05, 0.1) is 35.3 Å². The van der Waals surface area contributed by atoms with Gasteiger partial charge in [0, 0.05) is 31.2 Å². The zero-order chi connectivity index (χ0) is 31.0. The molecule has 2 heterocycles. The van der Waals surface area contributed by atoms with Crippen molar-refractivity contribution in [1.29, 1.82) is 5.26 Å². The second kappa shape index (κ2) is 13.9. The summed E-state index contributed by atoms with van der Waals surface area (Å²) in [6.07, 6.45) is 2.16. The molecule has 0 saturated carbocycles. The van der Waals surface area contributed by atoms with Crippen molar-refractivity contribution in [3.63, 3.8) is 0 Å². The standard InChI is InChI=1S/C30H29FN4O6S2/c31-24-8-6-21(7-9-24)18-42-19-27(36)26(15-28(37)38)34-29(39)22-14-25(17-33-16-22)43(40,41)35-12-10-30(20-32,11-13-35)23-4-2-1-3-5-23/h1-9,14,16-17,26H,10-13,15,18-19H2,(H,34,39)(H,37,38)/t26-/m0/s1. The number of aromatic nitrogens is 1. The fourth-order valence-corrected chi connectivity index (χ4v) is 7.14. The number of nitriles is 1. The van der Waals surface area contributed by atoms with Gasteiger partial charge in [-0.25, -0.2) is 12.8 Å². The number of Topliss-reactive ketones (excluding diaryl/α,β-unsaturated/α-hetero) is 1. The number of nitrogens with zero attached hydrogens (tertiary/aromatic N) is 3. The number of carboxylic acids is 1. The highest BCUT2D eigenvalue weighted by Gasteiger charge is 2.40. The lowest BCUT2D eigenvalue weighted by atomic mass is 9.74. The van der Waals surface area contributed by atoms with E-state index in [0.717, 1.165) is 29.6 Å². The van der Waals surface area contributed by atoms with E-state index < -0.39 is 45.6 Å². The van der Waals surface area contributed by atoms with Gasteiger partial charge in [-0.05, 0) is 42.2 Å². The van der Waals surface area contributed by atoms with Crippen LogP contribution in [0.25, 0.3) is 0 Å². The van der Waals surface area contributed by atoms with Crippen LogP contribution in [0.15, 0.2) is 78.0 Å². The molecule has 224 valence electrons. The Bertz CT molecular complexity index is 1620. The Kier molecular flexibility index (Phi) is 10.3. The zero-order valence-corrected chi connectivity index (χ0v) is 24.6. The number of ketones is 1. The van der Waals surface area contributed by atoms with Gasteiger partial charge in [0.25, 0.3) is 5.91 Å². The van der Waals surface area contributed by atoms with Crippen LogP contribution in [-0.4, -0.2) is 65.4 Å². The molecular weight excluding hydrogens is 595 g/mol. The maximum atomic E-state index is 13.4. The van der Waals surface area contributed by atoms with Crippen molar-refractivity contribution in [2.75, 3.05) is 18.8 Å². The summed E-state index contributed by atoms with van der Waals surface area (Å²) in [5.74, 6) is -2.80. The number of aliphatic carboxylic acids is 1. The number of sulfonamides is 1. The first kappa shape index (κ1) is 31.8. The molecule has 3 aromatic rings. The van der Waals surface area contributed by atoms with Crippen molar-refractivity contribution < 1.29 is 32.3 Å². The highest BCUT2D eigenvalue weighted by molar-refractivity contribution is 7.99. The lowest BCUT2D eigenvalue weighted by Gasteiger charge is -2.36. The van der Waals surface area contributed by atoms with E-state index in [-0.39, 0.29) is 35.1 Å². The number of carbonyl (C=O) groups is 3. The predicted molar refractivity (Wildman–Crippen MR) is 157 cm³/mol. The highest BCUT2D eigenvalue weighted by Crippen LogP contribution is 2.36. The molecule has 1 aliphatic heterocycles. The number of halogens is 1. The molecule has 0 unspecified atom stereocenters. The predicted octanol–water partition coefficient (Wildman–Crippen LogP) is 3.54. The summed E-state index contributed by atoms with van der Waals surface area (Å²) < 4.78 is 41.2. The van der Waals surface area contributed by atoms with Gasteiger partial charge in [0.2, 0.25) is 10.0 Å². The maximum absolute atomic E-state index is 13.4. The summed E-state index contributed by atoms with van der Waals surface area (Å²) in [6.45, 7) is 0.179. The number of piperidine rings is 1. The molecule has 1 amide bonds. The van der Waals surface area contributed by atoms with E-state index in [1.165, 1.54) is 28.2 Å². The molecule has 0 spiro atoms. The summed E-state index contributed by atoms with van der Waals surface area (Å²) in [5.41, 5.74) is 0.635. The Morgan fingerprint density at radius 2 is 1.77 bits per heavy atom. The van der Waals surface area contributed by atoms with E-state index in [4.69, 9.17) is 0 Å². The number of carbonyl (C=O) groups excluding carboxylic acids is 2. The van der Waals surface area contributed by atoms with Crippen LogP contribution < -0.4 is 5.32 Å². The van der Waals surface area contributed by atoms with Crippen LogP contribution in [0, 0.1) is 17.1 Å². The molecule has 10 nitrogen and oxygen atoms in total. The third kappa shape index (κ3) is 7.84. The molecule has 2 N–H and O–H groups in total. The van der Waals surface area contributed by atoms with Crippen LogP contribution in [-0.2, 0) is 30.8 Å². The first-order valence-corrected chi connectivity index (χ1v) is 15.9. The molecule has 0 bridgehead atoms. The second-order valence-electron chi connectivity index (χ2n) is 10.1. The second-order valence-corrected chi connectivity index (χ2v) is 13.0. The van der Waals surface area contributed by atoms with Crippen molar-refractivity contribution in [3.05, 3.63) is 95.6 Å². The van der Waals surface area contributed by atoms with Crippen molar-refractivity contribution in [3.8, 4) is 6.07 Å². The Morgan fingerprint density at radius 3 is 2.40 bits per heavy atom. The maximum Gasteiger partial charge on any atom is 0.305 e. The lowest BCUT2D eigenvalue weighted by molar-refractivity contribution is -0.139. The topological polar surface area (TPSA) is 158 Å². The van der Waals surface area contributed by atoms with E-state index in [2.05, 4.69) is 16.4 Å². The first-order valence-electron chi connectivity index (χ1n) is 13.3. The van der Waals surface area contributed by atoms with E-state index in [1.807, 2.05) is 30.3 Å². The van der Waals surface area contributed by atoms with Crippen LogP contribution in [0.3, 0.4) is 0 Å². The quantitative estimate of drug-likeness (QED) is 0.308. The van der Waals surface area contributed by atoms with E-state index in [9.17, 15) is 37.6 Å². The zero-order valence-electron chi connectivity index (χ0n) is 23.0. The van der Waals surface area contributed by atoms with Gasteiger partial charge in [-0.3, -0.25) is 19.4 Å². The molecule has 0 aliphatic carbocycles. The van der Waals surface area contributed by atoms with Gasteiger partial charge in [0.1, 0.15) is 10.7 Å². The number of nitrogens with one attached hydrogen (secondary N) is 1. The summed E-state index contributed by atoms with van der Waals surface area (Å²) in [7, 11) is -4.07. The molecule has 2 aromatic carbocycles. The molecule has 1 aliphatic rings. The number of amides is 1. The molecule has 13 heteroatoms. The number of rotatable bonds is 12. The smallest absolute Gasteiger partial charge is 0.305 e. The van der Waals surface area contributed by atoms with Crippen LogP contribution in [0.1, 0.15) is 40.7 Å². The van der Waals surface area contributed by atoms with Gasteiger partial charge < -0.3 is 10.4 Å². The van der Waals surface area contributed by atoms with Gasteiger partial charge in [-0.2, -0.15) is 9.57 Å². The van der Waals surface area contributed by atoms with Gasteiger partial charge in [-0.1, -0.05) is 42.5 Å². The fraction of sp³-hybridized carbons (Fsp3) is 0.300. The lowest BCUT2D eigenvalue weighted by Crippen LogP contribution is -2.44. The fourth-order valence-electron chi connectivity index (χ4n) is 4.78.